The Bertz CT molecular complexity index is 413. The minimum absolute atomic E-state index is 0. The van der Waals surface area contributed by atoms with Crippen LogP contribution in [0.15, 0.2) is 30.5 Å². The Kier molecular flexibility index (Phi) is 3.49. The molecule has 14 heavy (non-hydrogen) atoms. The molecule has 2 aromatic rings. The molecule has 0 saturated heterocycles. The number of nitrogens with two attached hydrogens (primary N) is 1. The predicted molar refractivity (Wildman–Crippen MR) is 63.9 cm³/mol. The summed E-state index contributed by atoms with van der Waals surface area (Å²) in [6.45, 7) is 0. The van der Waals surface area contributed by atoms with Crippen molar-refractivity contribution in [3.05, 3.63) is 30.5 Å². The third-order valence-electron chi connectivity index (χ3n) is 1.68. The number of halogens is 1. The van der Waals surface area contributed by atoms with Gasteiger partial charge in [0.05, 0.1) is 4.88 Å². The van der Waals surface area contributed by atoms with Crippen LogP contribution in [0.4, 0.5) is 5.13 Å². The third-order valence-corrected chi connectivity index (χ3v) is 2.55. The Balaban J connectivity index is 0.000000980. The van der Waals surface area contributed by atoms with E-state index < -0.39 is 0 Å². The zero-order chi connectivity index (χ0) is 9.26. The number of nitrogen functional groups attached to an aromatic ring is 1. The molecule has 0 aliphatic heterocycles. The second-order valence-electron chi connectivity index (χ2n) is 2.61. The van der Waals surface area contributed by atoms with Crippen molar-refractivity contribution in [1.29, 1.82) is 0 Å². The molecule has 5 heteroatoms. The standard InChI is InChI=1S/C9H8N2OS.BrH/c10-9-11-5-8(13-9)6-1-3-7(12)4-2-6;/h1-5,12H,(H2,10,11);1H. The summed E-state index contributed by atoms with van der Waals surface area (Å²) < 4.78 is 0. The Hall–Kier alpha value is -1.07. The fourth-order valence-corrected chi connectivity index (χ4v) is 1.74. The molecule has 0 saturated carbocycles. The maximum atomic E-state index is 9.07. The SMILES string of the molecule is Br.Nc1ncc(-c2ccc(O)cc2)s1. The van der Waals surface area contributed by atoms with Gasteiger partial charge in [0.25, 0.3) is 0 Å². The highest BCUT2D eigenvalue weighted by atomic mass is 79.9. The van der Waals surface area contributed by atoms with Gasteiger partial charge in [-0.15, -0.1) is 17.0 Å². The smallest absolute Gasteiger partial charge is 0.180 e. The number of benzene rings is 1. The number of hydrogen-bond donors (Lipinski definition) is 2. The summed E-state index contributed by atoms with van der Waals surface area (Å²) >= 11 is 1.43. The van der Waals surface area contributed by atoms with Crippen LogP contribution < -0.4 is 5.73 Å². The molecule has 0 aliphatic carbocycles. The van der Waals surface area contributed by atoms with Crippen LogP contribution in [0, 0.1) is 0 Å². The Morgan fingerprint density at radius 2 is 1.86 bits per heavy atom. The van der Waals surface area contributed by atoms with Crippen molar-refractivity contribution in [3.63, 3.8) is 0 Å². The van der Waals surface area contributed by atoms with E-state index in [4.69, 9.17) is 10.8 Å². The van der Waals surface area contributed by atoms with E-state index in [1.54, 1.807) is 18.3 Å². The number of aromatic nitrogens is 1. The molecule has 2 rings (SSSR count). The lowest BCUT2D eigenvalue weighted by atomic mass is 10.2. The quantitative estimate of drug-likeness (QED) is 0.839. The lowest BCUT2D eigenvalue weighted by Gasteiger charge is -1.95. The average molecular weight is 273 g/mol. The van der Waals surface area contributed by atoms with Crippen molar-refractivity contribution < 1.29 is 5.11 Å². The molecular formula is C9H9BrN2OS. The zero-order valence-electron chi connectivity index (χ0n) is 7.18. The summed E-state index contributed by atoms with van der Waals surface area (Å²) in [4.78, 5) is 4.96. The number of thiazole rings is 1. The Morgan fingerprint density at radius 3 is 2.36 bits per heavy atom. The van der Waals surface area contributed by atoms with Crippen molar-refractivity contribution in [3.8, 4) is 16.2 Å². The van der Waals surface area contributed by atoms with Gasteiger partial charge in [-0.3, -0.25) is 0 Å². The first-order valence-electron chi connectivity index (χ1n) is 3.76. The van der Waals surface area contributed by atoms with Gasteiger partial charge < -0.3 is 10.8 Å². The van der Waals surface area contributed by atoms with Crippen LogP contribution >= 0.6 is 28.3 Å². The maximum absolute atomic E-state index is 9.07. The summed E-state index contributed by atoms with van der Waals surface area (Å²) in [5.74, 6) is 0.265. The van der Waals surface area contributed by atoms with E-state index in [0.29, 0.717) is 5.13 Å². The molecule has 1 aromatic carbocycles. The number of hydrogen-bond acceptors (Lipinski definition) is 4. The van der Waals surface area contributed by atoms with Crippen molar-refractivity contribution in [2.45, 2.75) is 0 Å². The van der Waals surface area contributed by atoms with Gasteiger partial charge in [-0.1, -0.05) is 11.3 Å². The van der Waals surface area contributed by atoms with E-state index in [-0.39, 0.29) is 22.7 Å². The van der Waals surface area contributed by atoms with E-state index in [1.807, 2.05) is 12.1 Å². The largest absolute Gasteiger partial charge is 0.508 e. The molecule has 0 radical (unpaired) electrons. The second-order valence-corrected chi connectivity index (χ2v) is 3.67. The fourth-order valence-electron chi connectivity index (χ4n) is 1.05. The highest BCUT2D eigenvalue weighted by Crippen LogP contribution is 2.28. The number of anilines is 1. The minimum Gasteiger partial charge on any atom is -0.508 e. The summed E-state index contributed by atoms with van der Waals surface area (Å²) in [7, 11) is 0. The molecule has 0 atom stereocenters. The van der Waals surface area contributed by atoms with Crippen molar-refractivity contribution in [1.82, 2.24) is 4.98 Å². The van der Waals surface area contributed by atoms with Gasteiger partial charge in [-0.25, -0.2) is 4.98 Å². The van der Waals surface area contributed by atoms with E-state index >= 15 is 0 Å². The first kappa shape index (κ1) is 11.0. The van der Waals surface area contributed by atoms with Gasteiger partial charge in [-0.05, 0) is 29.8 Å². The van der Waals surface area contributed by atoms with E-state index in [9.17, 15) is 0 Å². The van der Waals surface area contributed by atoms with E-state index in [0.717, 1.165) is 10.4 Å². The van der Waals surface area contributed by atoms with Crippen LogP contribution in [-0.4, -0.2) is 10.1 Å². The van der Waals surface area contributed by atoms with Crippen LogP contribution in [0.2, 0.25) is 0 Å². The van der Waals surface area contributed by atoms with Crippen LogP contribution in [0.5, 0.6) is 5.75 Å². The number of rotatable bonds is 1. The van der Waals surface area contributed by atoms with E-state index in [2.05, 4.69) is 4.98 Å². The molecular weight excluding hydrogens is 264 g/mol. The van der Waals surface area contributed by atoms with E-state index in [1.165, 1.54) is 11.3 Å². The minimum atomic E-state index is 0. The molecule has 0 aliphatic rings. The molecule has 3 nitrogen and oxygen atoms in total. The maximum Gasteiger partial charge on any atom is 0.180 e. The molecule has 74 valence electrons. The van der Waals surface area contributed by atoms with Crippen LogP contribution in [-0.2, 0) is 0 Å². The lowest BCUT2D eigenvalue weighted by molar-refractivity contribution is 0.475. The summed E-state index contributed by atoms with van der Waals surface area (Å²) in [5, 5.41) is 9.63. The molecule has 1 aromatic heterocycles. The highest BCUT2D eigenvalue weighted by Gasteiger charge is 2.01. The van der Waals surface area contributed by atoms with Gasteiger partial charge in [0.1, 0.15) is 5.75 Å². The Morgan fingerprint density at radius 1 is 1.21 bits per heavy atom. The number of phenols is 1. The zero-order valence-corrected chi connectivity index (χ0v) is 9.70. The third kappa shape index (κ3) is 2.24. The van der Waals surface area contributed by atoms with Gasteiger partial charge in [0.15, 0.2) is 5.13 Å². The normalized spacial score (nSPS) is 9.43. The lowest BCUT2D eigenvalue weighted by Crippen LogP contribution is -1.77. The van der Waals surface area contributed by atoms with Crippen molar-refractivity contribution in [2.24, 2.45) is 0 Å². The van der Waals surface area contributed by atoms with Gasteiger partial charge in [0.2, 0.25) is 0 Å². The molecule has 0 fully saturated rings. The monoisotopic (exact) mass is 272 g/mol. The highest BCUT2D eigenvalue weighted by molar-refractivity contribution is 8.93. The Labute approximate surface area is 96.0 Å². The van der Waals surface area contributed by atoms with Crippen LogP contribution in [0.25, 0.3) is 10.4 Å². The average Bonchev–Trinajstić information content (AvgIpc) is 2.53. The van der Waals surface area contributed by atoms with Gasteiger partial charge >= 0.3 is 0 Å². The van der Waals surface area contributed by atoms with Crippen molar-refractivity contribution in [2.75, 3.05) is 5.73 Å². The molecule has 0 bridgehead atoms. The summed E-state index contributed by atoms with van der Waals surface area (Å²) in [5.41, 5.74) is 6.52. The molecule has 0 spiro atoms. The van der Waals surface area contributed by atoms with Crippen molar-refractivity contribution >= 4 is 33.4 Å². The van der Waals surface area contributed by atoms with Crippen LogP contribution in [0.1, 0.15) is 0 Å². The molecule has 0 amide bonds. The summed E-state index contributed by atoms with van der Waals surface area (Å²) in [6, 6.07) is 6.96. The van der Waals surface area contributed by atoms with Crippen LogP contribution in [0.3, 0.4) is 0 Å². The molecule has 3 N–H and O–H groups in total. The number of phenolic OH excluding ortho intramolecular Hbond substituents is 1. The topological polar surface area (TPSA) is 59.1 Å². The molecule has 1 heterocycles. The van der Waals surface area contributed by atoms with Gasteiger partial charge in [0, 0.05) is 6.20 Å². The predicted octanol–water partition coefficient (Wildman–Crippen LogP) is 2.68. The first-order valence-corrected chi connectivity index (χ1v) is 4.58. The fraction of sp³-hybridized carbons (Fsp3) is 0. The second kappa shape index (κ2) is 4.43. The first-order chi connectivity index (χ1) is 6.25. The summed E-state index contributed by atoms with van der Waals surface area (Å²) in [6.07, 6.45) is 1.73. The number of aromatic hydroxyl groups is 1. The molecule has 0 unspecified atom stereocenters. The number of nitrogens with zero attached hydrogens (tertiary/aromatic N) is 1. The van der Waals surface area contributed by atoms with Gasteiger partial charge in [-0.2, -0.15) is 0 Å².